The van der Waals surface area contributed by atoms with E-state index in [0.717, 1.165) is 11.6 Å². The normalized spacial score (nSPS) is 15.8. The van der Waals surface area contributed by atoms with Gasteiger partial charge in [0.05, 0.1) is 6.54 Å². The first-order chi connectivity index (χ1) is 7.36. The van der Waals surface area contributed by atoms with Gasteiger partial charge >= 0.3 is 0 Å². The number of nitrogens with zero attached hydrogens (tertiary/aromatic N) is 2. The van der Waals surface area contributed by atoms with E-state index in [9.17, 15) is 0 Å². The lowest BCUT2D eigenvalue weighted by atomic mass is 10.4. The van der Waals surface area contributed by atoms with E-state index in [1.165, 1.54) is 12.8 Å². The molecule has 1 aliphatic carbocycles. The van der Waals surface area contributed by atoms with E-state index in [-0.39, 0.29) is 0 Å². The minimum atomic E-state index is 0.403. The van der Waals surface area contributed by atoms with Gasteiger partial charge in [0.1, 0.15) is 11.6 Å². The van der Waals surface area contributed by atoms with Crippen LogP contribution in [-0.2, 0) is 6.54 Å². The quantitative estimate of drug-likeness (QED) is 0.791. The number of aromatic amines is 1. The highest BCUT2D eigenvalue weighted by molar-refractivity contribution is 5.46. The highest BCUT2D eigenvalue weighted by atomic mass is 16.3. The van der Waals surface area contributed by atoms with Crippen LogP contribution >= 0.6 is 0 Å². The van der Waals surface area contributed by atoms with E-state index in [2.05, 4.69) is 15.2 Å². The van der Waals surface area contributed by atoms with Gasteiger partial charge in [-0.2, -0.15) is 5.10 Å². The van der Waals surface area contributed by atoms with Crippen LogP contribution in [0.1, 0.15) is 30.3 Å². The van der Waals surface area contributed by atoms with Crippen molar-refractivity contribution in [2.45, 2.75) is 25.3 Å². The molecule has 0 atom stereocenters. The average molecular weight is 204 g/mol. The monoisotopic (exact) mass is 204 g/mol. The summed E-state index contributed by atoms with van der Waals surface area (Å²) in [5.41, 5.74) is 5.46. The van der Waals surface area contributed by atoms with Crippen molar-refractivity contribution in [1.29, 1.82) is 0 Å². The molecule has 0 radical (unpaired) electrons. The topological polar surface area (TPSA) is 80.7 Å². The summed E-state index contributed by atoms with van der Waals surface area (Å²) in [6, 6.07) is 3.70. The second-order valence-electron chi connectivity index (χ2n) is 3.79. The zero-order chi connectivity index (χ0) is 10.3. The lowest BCUT2D eigenvalue weighted by molar-refractivity contribution is 0.522. The van der Waals surface area contributed by atoms with Gasteiger partial charge < -0.3 is 10.2 Å². The summed E-state index contributed by atoms with van der Waals surface area (Å²) in [6.07, 6.45) is 2.42. The van der Waals surface area contributed by atoms with Crippen molar-refractivity contribution in [3.05, 3.63) is 23.7 Å². The molecule has 3 rings (SSSR count). The molecule has 1 saturated carbocycles. The molecule has 0 spiro atoms. The third kappa shape index (κ3) is 1.55. The predicted octanol–water partition coefficient (Wildman–Crippen LogP) is 1.40. The predicted molar refractivity (Wildman–Crippen MR) is 54.0 cm³/mol. The van der Waals surface area contributed by atoms with Gasteiger partial charge in [0.2, 0.25) is 5.82 Å². The lowest BCUT2D eigenvalue weighted by Gasteiger charge is -1.88. The van der Waals surface area contributed by atoms with Crippen molar-refractivity contribution in [1.82, 2.24) is 15.2 Å². The standard InChI is InChI=1S/C10H12N4O/c11-5-7-3-4-8(15-7)10-12-9(13-14-10)6-1-2-6/h3-4,6H,1-2,5,11H2,(H,12,13,14). The van der Waals surface area contributed by atoms with Gasteiger partial charge in [0, 0.05) is 5.92 Å². The van der Waals surface area contributed by atoms with E-state index in [0.29, 0.717) is 24.0 Å². The van der Waals surface area contributed by atoms with Crippen LogP contribution in [0.25, 0.3) is 11.6 Å². The number of H-pyrrole nitrogens is 1. The van der Waals surface area contributed by atoms with Crippen LogP contribution in [0.15, 0.2) is 16.5 Å². The summed E-state index contributed by atoms with van der Waals surface area (Å²) < 4.78 is 5.46. The fraction of sp³-hybridized carbons (Fsp3) is 0.400. The molecule has 0 amide bonds. The van der Waals surface area contributed by atoms with Gasteiger partial charge in [-0.15, -0.1) is 0 Å². The molecular weight excluding hydrogens is 192 g/mol. The van der Waals surface area contributed by atoms with Crippen molar-refractivity contribution < 1.29 is 4.42 Å². The fourth-order valence-corrected chi connectivity index (χ4v) is 1.53. The minimum absolute atomic E-state index is 0.403. The Bertz CT molecular complexity index is 469. The fourth-order valence-electron chi connectivity index (χ4n) is 1.53. The summed E-state index contributed by atoms with van der Waals surface area (Å²) in [5.74, 6) is 3.60. The van der Waals surface area contributed by atoms with Gasteiger partial charge in [-0.1, -0.05) is 0 Å². The molecule has 5 heteroatoms. The summed E-state index contributed by atoms with van der Waals surface area (Å²) >= 11 is 0. The van der Waals surface area contributed by atoms with Gasteiger partial charge in [-0.3, -0.25) is 5.10 Å². The number of aromatic nitrogens is 3. The number of nitrogens with two attached hydrogens (primary N) is 1. The van der Waals surface area contributed by atoms with Crippen molar-refractivity contribution in [2.75, 3.05) is 0 Å². The number of rotatable bonds is 3. The van der Waals surface area contributed by atoms with Gasteiger partial charge in [-0.25, -0.2) is 4.98 Å². The maximum Gasteiger partial charge on any atom is 0.216 e. The van der Waals surface area contributed by atoms with E-state index in [1.807, 2.05) is 12.1 Å². The second kappa shape index (κ2) is 3.20. The van der Waals surface area contributed by atoms with Crippen LogP contribution < -0.4 is 5.73 Å². The first kappa shape index (κ1) is 8.67. The first-order valence-electron chi connectivity index (χ1n) is 5.08. The third-order valence-electron chi connectivity index (χ3n) is 2.55. The molecule has 0 unspecified atom stereocenters. The second-order valence-corrected chi connectivity index (χ2v) is 3.79. The maximum absolute atomic E-state index is 5.46. The largest absolute Gasteiger partial charge is 0.456 e. The summed E-state index contributed by atoms with van der Waals surface area (Å²) in [4.78, 5) is 4.39. The molecule has 15 heavy (non-hydrogen) atoms. The highest BCUT2D eigenvalue weighted by Crippen LogP contribution is 2.38. The van der Waals surface area contributed by atoms with Crippen LogP contribution in [0.4, 0.5) is 0 Å². The number of hydrogen-bond donors (Lipinski definition) is 2. The Balaban J connectivity index is 1.90. The van der Waals surface area contributed by atoms with Gasteiger partial charge in [-0.05, 0) is 25.0 Å². The zero-order valence-electron chi connectivity index (χ0n) is 8.23. The molecule has 0 saturated heterocycles. The molecule has 5 nitrogen and oxygen atoms in total. The number of furan rings is 1. The van der Waals surface area contributed by atoms with Crippen molar-refractivity contribution in [3.63, 3.8) is 0 Å². The van der Waals surface area contributed by atoms with E-state index in [4.69, 9.17) is 10.2 Å². The Morgan fingerprint density at radius 3 is 3.00 bits per heavy atom. The van der Waals surface area contributed by atoms with Crippen LogP contribution in [0.3, 0.4) is 0 Å². The molecule has 2 aromatic rings. The van der Waals surface area contributed by atoms with Gasteiger partial charge in [0.15, 0.2) is 5.76 Å². The number of hydrogen-bond acceptors (Lipinski definition) is 4. The summed E-state index contributed by atoms with van der Waals surface area (Å²) in [7, 11) is 0. The van der Waals surface area contributed by atoms with Crippen LogP contribution in [0.2, 0.25) is 0 Å². The molecule has 1 aliphatic rings. The molecule has 78 valence electrons. The first-order valence-corrected chi connectivity index (χ1v) is 5.08. The third-order valence-corrected chi connectivity index (χ3v) is 2.55. The Morgan fingerprint density at radius 1 is 1.47 bits per heavy atom. The molecule has 0 aliphatic heterocycles. The Hall–Kier alpha value is -1.62. The Morgan fingerprint density at radius 2 is 2.33 bits per heavy atom. The smallest absolute Gasteiger partial charge is 0.216 e. The average Bonchev–Trinajstić information content (AvgIpc) is 2.84. The van der Waals surface area contributed by atoms with Crippen LogP contribution in [0, 0.1) is 0 Å². The van der Waals surface area contributed by atoms with Crippen molar-refractivity contribution in [2.24, 2.45) is 5.73 Å². The molecule has 0 bridgehead atoms. The molecule has 3 N–H and O–H groups in total. The maximum atomic E-state index is 5.46. The zero-order valence-corrected chi connectivity index (χ0v) is 8.23. The minimum Gasteiger partial charge on any atom is -0.456 e. The molecule has 0 aromatic carbocycles. The number of nitrogens with one attached hydrogen (secondary N) is 1. The van der Waals surface area contributed by atoms with E-state index < -0.39 is 0 Å². The van der Waals surface area contributed by atoms with Gasteiger partial charge in [0.25, 0.3) is 0 Å². The molecule has 2 aromatic heterocycles. The van der Waals surface area contributed by atoms with E-state index in [1.54, 1.807) is 0 Å². The highest BCUT2D eigenvalue weighted by Gasteiger charge is 2.27. The SMILES string of the molecule is NCc1ccc(-c2n[nH]c(C3CC3)n2)o1. The van der Waals surface area contributed by atoms with Crippen molar-refractivity contribution in [3.8, 4) is 11.6 Å². The Labute approximate surface area is 86.7 Å². The Kier molecular flexibility index (Phi) is 1.85. The van der Waals surface area contributed by atoms with E-state index >= 15 is 0 Å². The summed E-state index contributed by atoms with van der Waals surface area (Å²) in [5, 5.41) is 7.07. The lowest BCUT2D eigenvalue weighted by Crippen LogP contribution is -1.92. The molecular formula is C10H12N4O. The molecule has 2 heterocycles. The van der Waals surface area contributed by atoms with Crippen LogP contribution in [-0.4, -0.2) is 15.2 Å². The summed E-state index contributed by atoms with van der Waals surface area (Å²) in [6.45, 7) is 0.403. The van der Waals surface area contributed by atoms with Crippen LogP contribution in [0.5, 0.6) is 0 Å². The molecule has 1 fully saturated rings. The van der Waals surface area contributed by atoms with Crippen molar-refractivity contribution >= 4 is 0 Å².